The Kier molecular flexibility index (Phi) is 5.90. The van der Waals surface area contributed by atoms with Gasteiger partial charge in [0.1, 0.15) is 17.3 Å². The van der Waals surface area contributed by atoms with Crippen molar-refractivity contribution in [2.45, 2.75) is 19.0 Å². The number of aryl methyl sites for hydroxylation is 1. The summed E-state index contributed by atoms with van der Waals surface area (Å²) in [5, 5.41) is 5.05. The molecule has 2 amide bonds. The zero-order chi connectivity index (χ0) is 21.0. The van der Waals surface area contributed by atoms with Crippen molar-refractivity contribution in [3.63, 3.8) is 0 Å². The minimum atomic E-state index is -4.61. The summed E-state index contributed by atoms with van der Waals surface area (Å²) in [6, 6.07) is 7.75. The van der Waals surface area contributed by atoms with Gasteiger partial charge in [0.05, 0.1) is 5.69 Å². The lowest BCUT2D eigenvalue weighted by molar-refractivity contribution is -0.153. The van der Waals surface area contributed by atoms with Gasteiger partial charge in [-0.15, -0.1) is 0 Å². The molecule has 6 nitrogen and oxygen atoms in total. The number of nitrogens with one attached hydrogen (secondary N) is 2. The Labute approximate surface area is 162 Å². The number of carbonyl (C=O) groups excluding carboxylic acids is 2. The lowest BCUT2D eigenvalue weighted by atomic mass is 10.0. The molecule has 10 heteroatoms. The van der Waals surface area contributed by atoms with Gasteiger partial charge in [0.15, 0.2) is 13.2 Å². The minimum absolute atomic E-state index is 0.0756. The number of hydrogen-bond acceptors (Lipinski definition) is 4. The number of fused-ring (bicyclic) bond motifs is 1. The third-order valence-electron chi connectivity index (χ3n) is 3.95. The monoisotopic (exact) mass is 412 g/mol. The second-order valence-electron chi connectivity index (χ2n) is 6.25. The molecule has 0 unspecified atom stereocenters. The molecule has 0 aromatic heterocycles. The Morgan fingerprint density at radius 2 is 1.90 bits per heavy atom. The Hall–Kier alpha value is -3.30. The molecule has 0 spiro atoms. The number of carbonyl (C=O) groups is 2. The summed E-state index contributed by atoms with van der Waals surface area (Å²) in [4.78, 5) is 23.4. The van der Waals surface area contributed by atoms with Crippen molar-refractivity contribution in [3.05, 3.63) is 47.8 Å². The summed E-state index contributed by atoms with van der Waals surface area (Å²) in [5.41, 5.74) is 1.43. The molecule has 1 aliphatic heterocycles. The maximum absolute atomic E-state index is 13.3. The van der Waals surface area contributed by atoms with Crippen LogP contribution in [0.5, 0.6) is 11.5 Å². The highest BCUT2D eigenvalue weighted by atomic mass is 19.4. The van der Waals surface area contributed by atoms with Crippen molar-refractivity contribution in [2.24, 2.45) is 0 Å². The predicted octanol–water partition coefficient (Wildman–Crippen LogP) is 3.67. The number of hydrogen-bond donors (Lipinski definition) is 2. The molecule has 0 radical (unpaired) electrons. The van der Waals surface area contributed by atoms with Crippen molar-refractivity contribution in [3.8, 4) is 11.5 Å². The van der Waals surface area contributed by atoms with E-state index in [1.165, 1.54) is 0 Å². The van der Waals surface area contributed by atoms with Gasteiger partial charge in [-0.1, -0.05) is 0 Å². The molecule has 0 atom stereocenters. The fourth-order valence-corrected chi connectivity index (χ4v) is 2.66. The third-order valence-corrected chi connectivity index (χ3v) is 3.95. The highest BCUT2D eigenvalue weighted by molar-refractivity contribution is 5.94. The molecule has 2 N–H and O–H groups in total. The molecule has 29 heavy (non-hydrogen) atoms. The lowest BCUT2D eigenvalue weighted by Gasteiger charge is -2.18. The van der Waals surface area contributed by atoms with E-state index in [0.717, 1.165) is 23.8 Å². The molecular weight excluding hydrogens is 396 g/mol. The Balaban J connectivity index is 1.60. The van der Waals surface area contributed by atoms with Crippen molar-refractivity contribution < 1.29 is 36.6 Å². The van der Waals surface area contributed by atoms with Crippen LogP contribution in [0.2, 0.25) is 0 Å². The average Bonchev–Trinajstić information content (AvgIpc) is 2.66. The van der Waals surface area contributed by atoms with Gasteiger partial charge >= 0.3 is 6.18 Å². The molecule has 2 aromatic carbocycles. The Morgan fingerprint density at radius 3 is 2.66 bits per heavy atom. The molecule has 3 rings (SSSR count). The molecule has 0 saturated carbocycles. The number of ether oxygens (including phenoxy) is 2. The summed E-state index contributed by atoms with van der Waals surface area (Å²) >= 11 is 0. The number of rotatable bonds is 6. The van der Waals surface area contributed by atoms with E-state index in [1.54, 1.807) is 18.2 Å². The summed E-state index contributed by atoms with van der Waals surface area (Å²) in [5.74, 6) is -1.60. The van der Waals surface area contributed by atoms with Crippen LogP contribution in [0.25, 0.3) is 0 Å². The average molecular weight is 412 g/mol. The van der Waals surface area contributed by atoms with E-state index < -0.39 is 36.9 Å². The van der Waals surface area contributed by atoms with Gasteiger partial charge in [0.25, 0.3) is 5.91 Å². The standard InChI is InChI=1S/C19H16F4N2O4/c20-12-2-4-15(16(8-12)29-10-19(21,22)23)25-18(27)9-28-13-3-5-14-11(7-13)1-6-17(26)24-14/h2-5,7-8H,1,6,9-10H2,(H,24,26)(H,25,27). The van der Waals surface area contributed by atoms with E-state index in [1.807, 2.05) is 0 Å². The van der Waals surface area contributed by atoms with Gasteiger partial charge in [-0.3, -0.25) is 9.59 Å². The number of amides is 2. The van der Waals surface area contributed by atoms with Crippen LogP contribution < -0.4 is 20.1 Å². The van der Waals surface area contributed by atoms with E-state index in [2.05, 4.69) is 15.4 Å². The Bertz CT molecular complexity index is 931. The summed E-state index contributed by atoms with van der Waals surface area (Å²) in [6.45, 7) is -2.05. The van der Waals surface area contributed by atoms with E-state index in [0.29, 0.717) is 24.3 Å². The topological polar surface area (TPSA) is 76.7 Å². The van der Waals surface area contributed by atoms with E-state index >= 15 is 0 Å². The molecule has 1 aliphatic rings. The molecule has 0 aliphatic carbocycles. The van der Waals surface area contributed by atoms with Gasteiger partial charge in [-0.05, 0) is 42.3 Å². The number of halogens is 4. The van der Waals surface area contributed by atoms with Crippen LogP contribution in [0, 0.1) is 5.82 Å². The molecule has 0 saturated heterocycles. The van der Waals surface area contributed by atoms with Crippen molar-refractivity contribution in [2.75, 3.05) is 23.8 Å². The van der Waals surface area contributed by atoms with Crippen LogP contribution in [0.4, 0.5) is 28.9 Å². The smallest absolute Gasteiger partial charge is 0.422 e. The van der Waals surface area contributed by atoms with Gasteiger partial charge in [-0.2, -0.15) is 13.2 Å². The highest BCUT2D eigenvalue weighted by Gasteiger charge is 2.29. The number of benzene rings is 2. The summed E-state index contributed by atoms with van der Waals surface area (Å²) in [7, 11) is 0. The zero-order valence-corrected chi connectivity index (χ0v) is 14.9. The van der Waals surface area contributed by atoms with Crippen LogP contribution in [0.15, 0.2) is 36.4 Å². The molecule has 1 heterocycles. The summed E-state index contributed by atoms with van der Waals surface area (Å²) in [6.07, 6.45) is -3.72. The first-order valence-electron chi connectivity index (χ1n) is 8.54. The first-order chi connectivity index (χ1) is 13.7. The fourth-order valence-electron chi connectivity index (χ4n) is 2.66. The summed E-state index contributed by atoms with van der Waals surface area (Å²) < 4.78 is 60.3. The van der Waals surface area contributed by atoms with E-state index in [-0.39, 0.29) is 11.6 Å². The predicted molar refractivity (Wildman–Crippen MR) is 95.5 cm³/mol. The fraction of sp³-hybridized carbons (Fsp3) is 0.263. The third kappa shape index (κ3) is 5.84. The lowest BCUT2D eigenvalue weighted by Crippen LogP contribution is -2.23. The van der Waals surface area contributed by atoms with Gasteiger partial charge in [0, 0.05) is 18.2 Å². The molecule has 2 aromatic rings. The highest BCUT2D eigenvalue weighted by Crippen LogP contribution is 2.29. The molecule has 154 valence electrons. The van der Waals surface area contributed by atoms with E-state index in [4.69, 9.17) is 4.74 Å². The molecular formula is C19H16F4N2O4. The van der Waals surface area contributed by atoms with Gasteiger partial charge in [0.2, 0.25) is 5.91 Å². The van der Waals surface area contributed by atoms with Crippen molar-refractivity contribution in [1.29, 1.82) is 0 Å². The molecule has 0 bridgehead atoms. The Morgan fingerprint density at radius 1 is 1.10 bits per heavy atom. The number of anilines is 2. The van der Waals surface area contributed by atoms with Crippen LogP contribution in [-0.2, 0) is 16.0 Å². The van der Waals surface area contributed by atoms with Crippen LogP contribution in [0.1, 0.15) is 12.0 Å². The quantitative estimate of drug-likeness (QED) is 0.710. The first-order valence-corrected chi connectivity index (χ1v) is 8.54. The second kappa shape index (κ2) is 8.38. The SMILES string of the molecule is O=C1CCc2cc(OCC(=O)Nc3ccc(F)cc3OCC(F)(F)F)ccc2N1. The second-order valence-corrected chi connectivity index (χ2v) is 6.25. The minimum Gasteiger partial charge on any atom is -0.484 e. The zero-order valence-electron chi connectivity index (χ0n) is 14.9. The largest absolute Gasteiger partial charge is 0.484 e. The normalized spacial score (nSPS) is 13.3. The maximum atomic E-state index is 13.3. The first kappa shape index (κ1) is 20.4. The van der Waals surface area contributed by atoms with Gasteiger partial charge < -0.3 is 20.1 Å². The van der Waals surface area contributed by atoms with Crippen LogP contribution >= 0.6 is 0 Å². The van der Waals surface area contributed by atoms with Crippen molar-refractivity contribution >= 4 is 23.2 Å². The molecule has 0 fully saturated rings. The van der Waals surface area contributed by atoms with E-state index in [9.17, 15) is 27.2 Å². The maximum Gasteiger partial charge on any atom is 0.422 e. The van der Waals surface area contributed by atoms with Gasteiger partial charge in [-0.25, -0.2) is 4.39 Å². The van der Waals surface area contributed by atoms with Crippen molar-refractivity contribution in [1.82, 2.24) is 0 Å². The van der Waals surface area contributed by atoms with Crippen LogP contribution in [0.3, 0.4) is 0 Å². The van der Waals surface area contributed by atoms with Crippen LogP contribution in [-0.4, -0.2) is 31.2 Å². The number of alkyl halides is 3.